The maximum Gasteiger partial charge on any atom is 0.242 e. The summed E-state index contributed by atoms with van der Waals surface area (Å²) in [7, 11) is 0.475. The van der Waals surface area contributed by atoms with Crippen molar-refractivity contribution in [1.29, 1.82) is 0 Å². The van der Waals surface area contributed by atoms with Gasteiger partial charge in [-0.15, -0.1) is 0 Å². The van der Waals surface area contributed by atoms with Gasteiger partial charge in [-0.2, -0.15) is 5.10 Å². The van der Waals surface area contributed by atoms with E-state index in [4.69, 9.17) is 0 Å². The van der Waals surface area contributed by atoms with E-state index in [1.807, 2.05) is 17.8 Å². The summed E-state index contributed by atoms with van der Waals surface area (Å²) in [5, 5.41) is 4.26. The second-order valence-corrected chi connectivity index (χ2v) is 8.02. The average molecular weight is 349 g/mol. The molecule has 7 nitrogen and oxygen atoms in total. The van der Waals surface area contributed by atoms with E-state index in [1.54, 1.807) is 24.5 Å². The Hall–Kier alpha value is -1.77. The lowest BCUT2D eigenvalue weighted by atomic mass is 9.87. The number of rotatable bonds is 5. The van der Waals surface area contributed by atoms with Crippen LogP contribution in [0, 0.1) is 5.92 Å². The minimum Gasteiger partial charge on any atom is -0.298 e. The number of nitrogens with one attached hydrogen (secondary N) is 1. The van der Waals surface area contributed by atoms with Crippen LogP contribution in [-0.4, -0.2) is 48.2 Å². The third-order valence-electron chi connectivity index (χ3n) is 4.65. The Bertz CT molecular complexity index is 775. The van der Waals surface area contributed by atoms with Crippen LogP contribution in [0.2, 0.25) is 0 Å². The van der Waals surface area contributed by atoms with Crippen LogP contribution in [-0.2, 0) is 17.1 Å². The summed E-state index contributed by atoms with van der Waals surface area (Å²) < 4.78 is 29.5. The summed E-state index contributed by atoms with van der Waals surface area (Å²) in [6, 6.07) is 5.35. The number of sulfonamides is 1. The molecule has 0 amide bonds. The van der Waals surface area contributed by atoms with E-state index in [0.717, 1.165) is 25.1 Å². The van der Waals surface area contributed by atoms with Crippen molar-refractivity contribution in [2.45, 2.75) is 23.8 Å². The third-order valence-corrected chi connectivity index (χ3v) is 6.06. The highest BCUT2D eigenvalue weighted by Gasteiger charge is 2.33. The molecule has 1 fully saturated rings. The van der Waals surface area contributed by atoms with Gasteiger partial charge in [0.25, 0.3) is 0 Å². The molecule has 1 aliphatic rings. The number of aromatic nitrogens is 3. The first-order valence-electron chi connectivity index (χ1n) is 8.07. The van der Waals surface area contributed by atoms with Crippen molar-refractivity contribution in [2.24, 2.45) is 13.0 Å². The van der Waals surface area contributed by atoms with Gasteiger partial charge in [0.2, 0.25) is 10.0 Å². The molecule has 2 aromatic heterocycles. The molecule has 0 aromatic carbocycles. The molecule has 0 aliphatic carbocycles. The van der Waals surface area contributed by atoms with Crippen molar-refractivity contribution in [3.8, 4) is 0 Å². The van der Waals surface area contributed by atoms with Gasteiger partial charge < -0.3 is 0 Å². The molecule has 1 aliphatic heterocycles. The van der Waals surface area contributed by atoms with Crippen molar-refractivity contribution in [3.63, 3.8) is 0 Å². The molecule has 0 bridgehead atoms. The number of piperidine rings is 1. The van der Waals surface area contributed by atoms with Crippen LogP contribution in [0.15, 0.2) is 41.7 Å². The number of hydrogen-bond donors (Lipinski definition) is 1. The average Bonchev–Trinajstić information content (AvgIpc) is 2.99. The molecule has 1 saturated heterocycles. The molecule has 130 valence electrons. The fourth-order valence-corrected chi connectivity index (χ4v) is 4.48. The predicted octanol–water partition coefficient (Wildman–Crippen LogP) is 1.18. The quantitative estimate of drug-likeness (QED) is 0.877. The maximum absolute atomic E-state index is 12.4. The van der Waals surface area contributed by atoms with Crippen LogP contribution in [0.3, 0.4) is 0 Å². The van der Waals surface area contributed by atoms with Crippen LogP contribution < -0.4 is 4.72 Å². The van der Waals surface area contributed by atoms with Crippen LogP contribution in [0.25, 0.3) is 0 Å². The molecule has 3 heterocycles. The zero-order valence-electron chi connectivity index (χ0n) is 14.0. The number of likely N-dealkylation sites (tertiary alicyclic amines) is 1. The minimum absolute atomic E-state index is 0.155. The summed E-state index contributed by atoms with van der Waals surface area (Å²) in [4.78, 5) is 6.37. The van der Waals surface area contributed by atoms with Gasteiger partial charge in [-0.25, -0.2) is 13.1 Å². The number of aryl methyl sites for hydroxylation is 1. The Labute approximate surface area is 142 Å². The van der Waals surface area contributed by atoms with Crippen molar-refractivity contribution in [2.75, 3.05) is 20.1 Å². The molecule has 0 radical (unpaired) electrons. The van der Waals surface area contributed by atoms with Gasteiger partial charge in [0.15, 0.2) is 0 Å². The SMILES string of the molecule is CN1CCC[C@@H](CNS(=O)(=O)c2cccnc2)[C@@H]1c1ccnn1C. The summed E-state index contributed by atoms with van der Waals surface area (Å²) in [6.07, 6.45) is 6.76. The molecule has 24 heavy (non-hydrogen) atoms. The molecule has 0 saturated carbocycles. The smallest absolute Gasteiger partial charge is 0.242 e. The molecular formula is C16H23N5O2S. The molecule has 1 N–H and O–H groups in total. The molecule has 0 spiro atoms. The number of hydrogen-bond acceptors (Lipinski definition) is 5. The van der Waals surface area contributed by atoms with Crippen LogP contribution >= 0.6 is 0 Å². The lowest BCUT2D eigenvalue weighted by molar-refractivity contribution is 0.116. The van der Waals surface area contributed by atoms with Crippen molar-refractivity contribution < 1.29 is 8.42 Å². The minimum atomic E-state index is -3.53. The summed E-state index contributed by atoms with van der Waals surface area (Å²) >= 11 is 0. The first-order valence-corrected chi connectivity index (χ1v) is 9.55. The van der Waals surface area contributed by atoms with E-state index in [9.17, 15) is 8.42 Å². The standard InChI is InChI=1S/C16H23N5O2S/c1-20-10-4-5-13(16(20)15-7-9-18-21(15)2)11-19-24(22,23)14-6-3-8-17-12-14/h3,6-9,12-13,16,19H,4-5,10-11H2,1-2H3/t13-,16+/m0/s1. The van der Waals surface area contributed by atoms with Gasteiger partial charge in [0, 0.05) is 32.2 Å². The second kappa shape index (κ2) is 7.00. The Morgan fingerprint density at radius 3 is 2.79 bits per heavy atom. The second-order valence-electron chi connectivity index (χ2n) is 6.25. The zero-order chi connectivity index (χ0) is 17.2. The Balaban J connectivity index is 1.76. The molecular weight excluding hydrogens is 326 g/mol. The highest BCUT2D eigenvalue weighted by atomic mass is 32.2. The van der Waals surface area contributed by atoms with E-state index >= 15 is 0 Å². The number of nitrogens with zero attached hydrogens (tertiary/aromatic N) is 4. The fourth-order valence-electron chi connectivity index (χ4n) is 3.42. The largest absolute Gasteiger partial charge is 0.298 e. The van der Waals surface area contributed by atoms with Gasteiger partial charge in [-0.05, 0) is 50.6 Å². The van der Waals surface area contributed by atoms with E-state index in [2.05, 4.69) is 26.8 Å². The predicted molar refractivity (Wildman–Crippen MR) is 90.7 cm³/mol. The fraction of sp³-hybridized carbons (Fsp3) is 0.500. The van der Waals surface area contributed by atoms with Crippen LogP contribution in [0.4, 0.5) is 0 Å². The molecule has 2 atom stereocenters. The number of pyridine rings is 1. The zero-order valence-corrected chi connectivity index (χ0v) is 14.8. The highest BCUT2D eigenvalue weighted by molar-refractivity contribution is 7.89. The lowest BCUT2D eigenvalue weighted by Gasteiger charge is -2.39. The van der Waals surface area contributed by atoms with Crippen molar-refractivity contribution in [1.82, 2.24) is 24.4 Å². The van der Waals surface area contributed by atoms with Crippen molar-refractivity contribution >= 4 is 10.0 Å². The van der Waals surface area contributed by atoms with E-state index in [1.165, 1.54) is 6.20 Å². The first kappa shape index (κ1) is 17.1. The van der Waals surface area contributed by atoms with Gasteiger partial charge >= 0.3 is 0 Å². The third kappa shape index (κ3) is 3.50. The Morgan fingerprint density at radius 1 is 1.29 bits per heavy atom. The molecule has 8 heteroatoms. The molecule has 3 rings (SSSR count). The highest BCUT2D eigenvalue weighted by Crippen LogP contribution is 2.34. The van der Waals surface area contributed by atoms with Crippen LogP contribution in [0.5, 0.6) is 0 Å². The Kier molecular flexibility index (Phi) is 4.98. The summed E-state index contributed by atoms with van der Waals surface area (Å²) in [5.74, 6) is 0.200. The maximum atomic E-state index is 12.4. The van der Waals surface area contributed by atoms with E-state index in [-0.39, 0.29) is 16.9 Å². The van der Waals surface area contributed by atoms with E-state index < -0.39 is 10.0 Å². The normalized spacial score (nSPS) is 22.6. The summed E-state index contributed by atoms with van der Waals surface area (Å²) in [5.41, 5.74) is 1.11. The summed E-state index contributed by atoms with van der Waals surface area (Å²) in [6.45, 7) is 1.40. The molecule has 2 aromatic rings. The Morgan fingerprint density at radius 2 is 2.12 bits per heavy atom. The topological polar surface area (TPSA) is 80.1 Å². The molecule has 0 unspecified atom stereocenters. The van der Waals surface area contributed by atoms with Crippen LogP contribution in [0.1, 0.15) is 24.6 Å². The van der Waals surface area contributed by atoms with Gasteiger partial charge in [-0.3, -0.25) is 14.6 Å². The van der Waals surface area contributed by atoms with Gasteiger partial charge in [-0.1, -0.05) is 0 Å². The van der Waals surface area contributed by atoms with Crippen molar-refractivity contribution in [3.05, 3.63) is 42.5 Å². The van der Waals surface area contributed by atoms with E-state index in [0.29, 0.717) is 6.54 Å². The monoisotopic (exact) mass is 349 g/mol. The van der Waals surface area contributed by atoms with Gasteiger partial charge in [0.05, 0.1) is 11.7 Å². The first-order chi connectivity index (χ1) is 11.5. The lowest BCUT2D eigenvalue weighted by Crippen LogP contribution is -2.42. The van der Waals surface area contributed by atoms with Gasteiger partial charge in [0.1, 0.15) is 4.90 Å².